The topological polar surface area (TPSA) is 45.5 Å². The number of hydrogen-bond acceptors (Lipinski definition) is 4. The summed E-state index contributed by atoms with van der Waals surface area (Å²) in [6.07, 6.45) is 8.33. The molecule has 5 nitrogen and oxygen atoms in total. The summed E-state index contributed by atoms with van der Waals surface area (Å²) in [6.45, 7) is 3.18. The lowest BCUT2D eigenvalue weighted by atomic mass is 10.1. The van der Waals surface area contributed by atoms with Crippen molar-refractivity contribution < 1.29 is 18.6 Å². The van der Waals surface area contributed by atoms with Crippen LogP contribution in [-0.4, -0.2) is 28.6 Å². The Morgan fingerprint density at radius 3 is 2.81 bits per heavy atom. The molecule has 32 heavy (non-hydrogen) atoms. The smallest absolute Gasteiger partial charge is 0.158 e. The van der Waals surface area contributed by atoms with Crippen LogP contribution in [0.3, 0.4) is 0 Å². The fourth-order valence-corrected chi connectivity index (χ4v) is 4.13. The summed E-state index contributed by atoms with van der Waals surface area (Å²) in [5, 5.41) is 0.694. The zero-order valence-electron chi connectivity index (χ0n) is 18.1. The van der Waals surface area contributed by atoms with Gasteiger partial charge in [0.25, 0.3) is 0 Å². The lowest BCUT2D eigenvalue weighted by molar-refractivity contribution is -0.222. The molecule has 7 heteroatoms. The Morgan fingerprint density at radius 2 is 2.06 bits per heavy atom. The molecule has 3 atom stereocenters. The molecule has 0 spiro atoms. The van der Waals surface area contributed by atoms with Crippen molar-refractivity contribution in [2.45, 2.75) is 57.6 Å². The average molecular weight is 459 g/mol. The van der Waals surface area contributed by atoms with Crippen LogP contribution in [0.4, 0.5) is 4.39 Å². The van der Waals surface area contributed by atoms with E-state index in [9.17, 15) is 4.39 Å². The Balaban J connectivity index is 1.36. The molecule has 0 saturated carbocycles. The number of ether oxygens (including phenoxy) is 3. The van der Waals surface area contributed by atoms with E-state index in [-0.39, 0.29) is 24.3 Å². The van der Waals surface area contributed by atoms with Crippen molar-refractivity contribution in [2.24, 2.45) is 0 Å². The minimum Gasteiger partial charge on any atom is -0.491 e. The van der Waals surface area contributed by atoms with Gasteiger partial charge in [0.1, 0.15) is 18.2 Å². The molecule has 0 bridgehead atoms. The van der Waals surface area contributed by atoms with Gasteiger partial charge in [0.2, 0.25) is 0 Å². The van der Waals surface area contributed by atoms with Gasteiger partial charge in [-0.05, 0) is 74.1 Å². The van der Waals surface area contributed by atoms with Crippen LogP contribution in [-0.2, 0) is 16.0 Å². The fraction of sp³-hybridized carbons (Fsp3) is 0.400. The first-order valence-corrected chi connectivity index (χ1v) is 11.4. The number of benzene rings is 2. The molecule has 3 aromatic rings. The van der Waals surface area contributed by atoms with Crippen molar-refractivity contribution in [3.05, 3.63) is 83.2 Å². The molecule has 2 heterocycles. The largest absolute Gasteiger partial charge is 0.491 e. The number of nitrogens with zero attached hydrogens (tertiary/aromatic N) is 2. The van der Waals surface area contributed by atoms with Crippen molar-refractivity contribution >= 4 is 11.6 Å². The lowest BCUT2D eigenvalue weighted by Crippen LogP contribution is -2.34. The van der Waals surface area contributed by atoms with Gasteiger partial charge in [-0.2, -0.15) is 0 Å². The van der Waals surface area contributed by atoms with Crippen molar-refractivity contribution in [3.63, 3.8) is 0 Å². The molecule has 1 aromatic heterocycles. The number of aromatic nitrogens is 2. The van der Waals surface area contributed by atoms with Crippen LogP contribution >= 0.6 is 11.6 Å². The molecule has 1 aliphatic rings. The standard InChI is InChI=1S/C25H28ClFN2O3/c1-18-15-20(26)7-10-23(18)30-16-22-3-2-4-25(31-22)32-24(11-13-29-14-12-28-17-29)19-5-8-21(27)9-6-19/h5-10,12,14-15,17,22,24-25H,2-4,11,13,16H2,1H3. The lowest BCUT2D eigenvalue weighted by Gasteiger charge is -2.33. The summed E-state index contributed by atoms with van der Waals surface area (Å²) >= 11 is 6.03. The van der Waals surface area contributed by atoms with Crippen LogP contribution in [0.25, 0.3) is 0 Å². The number of rotatable bonds is 9. The second-order valence-electron chi connectivity index (χ2n) is 8.10. The zero-order chi connectivity index (χ0) is 22.3. The van der Waals surface area contributed by atoms with Gasteiger partial charge >= 0.3 is 0 Å². The van der Waals surface area contributed by atoms with E-state index in [0.717, 1.165) is 49.1 Å². The first-order chi connectivity index (χ1) is 15.6. The quantitative estimate of drug-likeness (QED) is 0.388. The molecule has 1 fully saturated rings. The third-order valence-electron chi connectivity index (χ3n) is 5.64. The summed E-state index contributed by atoms with van der Waals surface area (Å²) in [5.41, 5.74) is 1.93. The Morgan fingerprint density at radius 1 is 1.22 bits per heavy atom. The number of hydrogen-bond donors (Lipinski definition) is 0. The predicted octanol–water partition coefficient (Wildman–Crippen LogP) is 6.11. The Hall–Kier alpha value is -2.41. The van der Waals surface area contributed by atoms with Crippen molar-refractivity contribution in [1.82, 2.24) is 9.55 Å². The highest BCUT2D eigenvalue weighted by Gasteiger charge is 2.27. The molecular weight excluding hydrogens is 431 g/mol. The monoisotopic (exact) mass is 458 g/mol. The molecule has 4 rings (SSSR count). The second kappa shape index (κ2) is 10.9. The summed E-state index contributed by atoms with van der Waals surface area (Å²) in [7, 11) is 0. The van der Waals surface area contributed by atoms with E-state index in [1.165, 1.54) is 12.1 Å². The zero-order valence-corrected chi connectivity index (χ0v) is 18.9. The van der Waals surface area contributed by atoms with Crippen molar-refractivity contribution in [1.29, 1.82) is 0 Å². The summed E-state index contributed by atoms with van der Waals surface area (Å²) in [5.74, 6) is 0.552. The third kappa shape index (κ3) is 6.31. The van der Waals surface area contributed by atoms with Gasteiger partial charge < -0.3 is 18.8 Å². The molecular formula is C25H28ClFN2O3. The molecule has 0 amide bonds. The van der Waals surface area contributed by atoms with Crippen LogP contribution in [0.15, 0.2) is 61.2 Å². The molecule has 1 aliphatic heterocycles. The van der Waals surface area contributed by atoms with Crippen molar-refractivity contribution in [2.75, 3.05) is 6.61 Å². The van der Waals surface area contributed by atoms with Gasteiger partial charge in [-0.25, -0.2) is 9.37 Å². The second-order valence-corrected chi connectivity index (χ2v) is 8.54. The molecule has 0 N–H and O–H groups in total. The van der Waals surface area contributed by atoms with Crippen LogP contribution in [0, 0.1) is 12.7 Å². The van der Waals surface area contributed by atoms with E-state index in [1.54, 1.807) is 24.7 Å². The fourth-order valence-electron chi connectivity index (χ4n) is 3.90. The van der Waals surface area contributed by atoms with Gasteiger partial charge in [-0.3, -0.25) is 0 Å². The highest BCUT2D eigenvalue weighted by molar-refractivity contribution is 6.30. The molecule has 0 aliphatic carbocycles. The number of imidazole rings is 1. The van der Waals surface area contributed by atoms with Crippen LogP contribution in [0.5, 0.6) is 5.75 Å². The van der Waals surface area contributed by atoms with Crippen molar-refractivity contribution in [3.8, 4) is 5.75 Å². The minimum absolute atomic E-state index is 0.0497. The van der Waals surface area contributed by atoms with Gasteiger partial charge in [0.05, 0.1) is 18.5 Å². The van der Waals surface area contributed by atoms with E-state index >= 15 is 0 Å². The van der Waals surface area contributed by atoms with Gasteiger partial charge in [0.15, 0.2) is 6.29 Å². The van der Waals surface area contributed by atoms with Gasteiger partial charge in [-0.1, -0.05) is 23.7 Å². The number of aryl methyl sites for hydroxylation is 2. The van der Waals surface area contributed by atoms with Gasteiger partial charge in [-0.15, -0.1) is 0 Å². The Bertz CT molecular complexity index is 981. The molecule has 0 radical (unpaired) electrons. The third-order valence-corrected chi connectivity index (χ3v) is 5.87. The molecule has 170 valence electrons. The molecule has 1 saturated heterocycles. The van der Waals surface area contributed by atoms with E-state index in [1.807, 2.05) is 35.9 Å². The van der Waals surface area contributed by atoms with E-state index in [4.69, 9.17) is 25.8 Å². The van der Waals surface area contributed by atoms with Crippen LogP contribution < -0.4 is 4.74 Å². The molecule has 2 aromatic carbocycles. The van der Waals surface area contributed by atoms with Crippen LogP contribution in [0.1, 0.15) is 42.9 Å². The summed E-state index contributed by atoms with van der Waals surface area (Å²) < 4.78 is 34.0. The first kappa shape index (κ1) is 22.8. The van der Waals surface area contributed by atoms with E-state index in [0.29, 0.717) is 11.6 Å². The maximum atomic E-state index is 13.4. The first-order valence-electron chi connectivity index (χ1n) is 11.0. The maximum absolute atomic E-state index is 13.4. The van der Waals surface area contributed by atoms with Crippen LogP contribution in [0.2, 0.25) is 5.02 Å². The normalized spacial score (nSPS) is 19.6. The Labute approximate surface area is 193 Å². The SMILES string of the molecule is Cc1cc(Cl)ccc1OCC1CCCC(OC(CCn2ccnc2)c2ccc(F)cc2)O1. The van der Waals surface area contributed by atoms with Gasteiger partial charge in [0, 0.05) is 24.0 Å². The molecule has 3 unspecified atom stereocenters. The Kier molecular flexibility index (Phi) is 7.79. The van der Waals surface area contributed by atoms with E-state index in [2.05, 4.69) is 4.98 Å². The minimum atomic E-state index is -0.332. The van der Waals surface area contributed by atoms with E-state index < -0.39 is 0 Å². The maximum Gasteiger partial charge on any atom is 0.158 e. The summed E-state index contributed by atoms with van der Waals surface area (Å²) in [4.78, 5) is 4.09. The predicted molar refractivity (Wildman–Crippen MR) is 121 cm³/mol. The average Bonchev–Trinajstić information content (AvgIpc) is 3.31. The highest BCUT2D eigenvalue weighted by atomic mass is 35.5. The highest BCUT2D eigenvalue weighted by Crippen LogP contribution is 2.30. The number of halogens is 2. The summed E-state index contributed by atoms with van der Waals surface area (Å²) in [6, 6.07) is 12.1.